The van der Waals surface area contributed by atoms with Gasteiger partial charge < -0.3 is 5.73 Å². The smallest absolute Gasteiger partial charge is 0.165 e. The molecule has 0 saturated carbocycles. The molecule has 0 bridgehead atoms. The first-order valence-corrected chi connectivity index (χ1v) is 2.59. The Hall–Kier alpha value is -1.12. The van der Waals surface area contributed by atoms with Crippen molar-refractivity contribution in [3.8, 4) is 0 Å². The van der Waals surface area contributed by atoms with E-state index in [4.69, 9.17) is 5.73 Å². The minimum Gasteiger partial charge on any atom is -0.381 e. The number of aromatic nitrogens is 1. The summed E-state index contributed by atoms with van der Waals surface area (Å²) in [4.78, 5) is 3.68. The Morgan fingerprint density at radius 3 is 2.67 bits per heavy atom. The number of nitrogens with zero attached hydrogens (tertiary/aromatic N) is 1. The molecule has 0 aliphatic rings. The summed E-state index contributed by atoms with van der Waals surface area (Å²) >= 11 is 0. The van der Waals surface area contributed by atoms with Crippen molar-refractivity contribution in [2.45, 2.75) is 6.92 Å². The van der Waals surface area contributed by atoms with Crippen LogP contribution in [0.1, 0.15) is 5.69 Å². The van der Waals surface area contributed by atoms with E-state index in [1.807, 2.05) is 0 Å². The van der Waals surface area contributed by atoms with Crippen LogP contribution in [0.4, 0.5) is 10.2 Å². The fraction of sp³-hybridized carbons (Fsp3) is 0.167. The Morgan fingerprint density at radius 2 is 2.22 bits per heavy atom. The Morgan fingerprint density at radius 1 is 1.56 bits per heavy atom. The standard InChI is InChI=1S/C6H7FN2/c1-4-2-3-5(7)6(8)9-4/h2-3H,1H3,(H2,8,9). The molecule has 0 atom stereocenters. The van der Waals surface area contributed by atoms with Crippen molar-refractivity contribution in [3.05, 3.63) is 23.6 Å². The number of anilines is 1. The van der Waals surface area contributed by atoms with E-state index in [0.717, 1.165) is 5.69 Å². The van der Waals surface area contributed by atoms with Crippen molar-refractivity contribution in [2.75, 3.05) is 5.73 Å². The predicted octanol–water partition coefficient (Wildman–Crippen LogP) is 1.11. The third kappa shape index (κ3) is 1.16. The summed E-state index contributed by atoms with van der Waals surface area (Å²) < 4.78 is 12.3. The molecule has 2 N–H and O–H groups in total. The molecule has 2 nitrogen and oxygen atoms in total. The monoisotopic (exact) mass is 126 g/mol. The molecule has 0 aliphatic carbocycles. The molecule has 1 heterocycles. The molecule has 0 amide bonds. The first-order chi connectivity index (χ1) is 4.20. The lowest BCUT2D eigenvalue weighted by Gasteiger charge is -1.94. The summed E-state index contributed by atoms with van der Waals surface area (Å²) in [7, 11) is 0. The van der Waals surface area contributed by atoms with Crippen LogP contribution in [0.2, 0.25) is 0 Å². The first kappa shape index (κ1) is 6.01. The van der Waals surface area contributed by atoms with Crippen LogP contribution < -0.4 is 5.73 Å². The van der Waals surface area contributed by atoms with Gasteiger partial charge >= 0.3 is 0 Å². The van der Waals surface area contributed by atoms with Crippen LogP contribution in [0.25, 0.3) is 0 Å². The van der Waals surface area contributed by atoms with Gasteiger partial charge in [-0.15, -0.1) is 0 Å². The number of hydrogen-bond acceptors (Lipinski definition) is 2. The molecule has 0 aromatic carbocycles. The highest BCUT2D eigenvalue weighted by atomic mass is 19.1. The maximum atomic E-state index is 12.3. The summed E-state index contributed by atoms with van der Waals surface area (Å²) in [5.41, 5.74) is 5.86. The van der Waals surface area contributed by atoms with Gasteiger partial charge in [0.2, 0.25) is 0 Å². The van der Waals surface area contributed by atoms with E-state index in [2.05, 4.69) is 4.98 Å². The van der Waals surface area contributed by atoms with Crippen molar-refractivity contribution in [1.82, 2.24) is 4.98 Å². The second-order valence-corrected chi connectivity index (χ2v) is 1.82. The highest BCUT2D eigenvalue weighted by molar-refractivity contribution is 5.30. The van der Waals surface area contributed by atoms with E-state index in [1.165, 1.54) is 6.07 Å². The molecule has 9 heavy (non-hydrogen) atoms. The molecule has 48 valence electrons. The average Bonchev–Trinajstić information content (AvgIpc) is 1.80. The molecule has 0 radical (unpaired) electrons. The van der Waals surface area contributed by atoms with Crippen LogP contribution in [0.3, 0.4) is 0 Å². The topological polar surface area (TPSA) is 38.9 Å². The van der Waals surface area contributed by atoms with Gasteiger partial charge in [-0.2, -0.15) is 0 Å². The lowest BCUT2D eigenvalue weighted by atomic mass is 10.4. The predicted molar refractivity (Wildman–Crippen MR) is 33.3 cm³/mol. The zero-order chi connectivity index (χ0) is 6.85. The number of nitrogens with two attached hydrogens (primary N) is 1. The lowest BCUT2D eigenvalue weighted by molar-refractivity contribution is 0.626. The Kier molecular flexibility index (Phi) is 1.34. The zero-order valence-corrected chi connectivity index (χ0v) is 5.06. The molecule has 1 aromatic heterocycles. The van der Waals surface area contributed by atoms with Crippen LogP contribution in [-0.4, -0.2) is 4.98 Å². The molecule has 0 spiro atoms. The van der Waals surface area contributed by atoms with Crippen LogP contribution in [0.15, 0.2) is 12.1 Å². The van der Waals surface area contributed by atoms with E-state index in [-0.39, 0.29) is 5.82 Å². The van der Waals surface area contributed by atoms with Crippen LogP contribution >= 0.6 is 0 Å². The van der Waals surface area contributed by atoms with Gasteiger partial charge in [-0.1, -0.05) is 0 Å². The molecule has 0 unspecified atom stereocenters. The summed E-state index contributed by atoms with van der Waals surface area (Å²) in [6.07, 6.45) is 0. The van der Waals surface area contributed by atoms with E-state index in [1.54, 1.807) is 13.0 Å². The van der Waals surface area contributed by atoms with E-state index >= 15 is 0 Å². The van der Waals surface area contributed by atoms with Crippen LogP contribution in [0, 0.1) is 12.7 Å². The largest absolute Gasteiger partial charge is 0.381 e. The van der Waals surface area contributed by atoms with Crippen molar-refractivity contribution in [2.24, 2.45) is 0 Å². The third-order valence-corrected chi connectivity index (χ3v) is 1.01. The number of aryl methyl sites for hydroxylation is 1. The minimum atomic E-state index is -0.458. The Bertz CT molecular complexity index is 222. The number of pyridine rings is 1. The van der Waals surface area contributed by atoms with Crippen molar-refractivity contribution in [3.63, 3.8) is 0 Å². The van der Waals surface area contributed by atoms with E-state index in [9.17, 15) is 4.39 Å². The molecule has 0 saturated heterocycles. The van der Waals surface area contributed by atoms with Gasteiger partial charge in [-0.05, 0) is 19.1 Å². The summed E-state index contributed by atoms with van der Waals surface area (Å²) in [6, 6.07) is 2.88. The highest BCUT2D eigenvalue weighted by Crippen LogP contribution is 2.05. The first-order valence-electron chi connectivity index (χ1n) is 2.59. The van der Waals surface area contributed by atoms with Gasteiger partial charge in [-0.25, -0.2) is 9.37 Å². The fourth-order valence-corrected chi connectivity index (χ4v) is 0.560. The highest BCUT2D eigenvalue weighted by Gasteiger charge is 1.95. The van der Waals surface area contributed by atoms with Gasteiger partial charge in [0.25, 0.3) is 0 Å². The molecule has 3 heteroatoms. The molecular weight excluding hydrogens is 119 g/mol. The van der Waals surface area contributed by atoms with Crippen LogP contribution in [0.5, 0.6) is 0 Å². The number of halogens is 1. The van der Waals surface area contributed by atoms with Gasteiger partial charge in [0.15, 0.2) is 11.6 Å². The maximum absolute atomic E-state index is 12.3. The minimum absolute atomic E-state index is 0.0324. The Balaban J connectivity index is 3.17. The number of nitrogen functional groups attached to an aromatic ring is 1. The van der Waals surface area contributed by atoms with Crippen molar-refractivity contribution < 1.29 is 4.39 Å². The summed E-state index contributed by atoms with van der Waals surface area (Å²) in [6.45, 7) is 1.76. The quantitative estimate of drug-likeness (QED) is 0.565. The summed E-state index contributed by atoms with van der Waals surface area (Å²) in [5.74, 6) is -0.490. The van der Waals surface area contributed by atoms with Gasteiger partial charge in [0, 0.05) is 5.69 Å². The normalized spacial score (nSPS) is 9.56. The maximum Gasteiger partial charge on any atom is 0.165 e. The van der Waals surface area contributed by atoms with Gasteiger partial charge in [-0.3, -0.25) is 0 Å². The van der Waals surface area contributed by atoms with E-state index in [0.29, 0.717) is 0 Å². The average molecular weight is 126 g/mol. The van der Waals surface area contributed by atoms with Gasteiger partial charge in [0.05, 0.1) is 0 Å². The SMILES string of the molecule is Cc1ccc(F)c(N)n1. The molecular formula is C6H7FN2. The second kappa shape index (κ2) is 2.01. The molecule has 0 aliphatic heterocycles. The summed E-state index contributed by atoms with van der Waals surface area (Å²) in [5, 5.41) is 0. The third-order valence-electron chi connectivity index (χ3n) is 1.01. The van der Waals surface area contributed by atoms with E-state index < -0.39 is 5.82 Å². The number of rotatable bonds is 0. The van der Waals surface area contributed by atoms with Crippen molar-refractivity contribution in [1.29, 1.82) is 0 Å². The van der Waals surface area contributed by atoms with Crippen LogP contribution in [-0.2, 0) is 0 Å². The molecule has 1 rings (SSSR count). The molecule has 1 aromatic rings. The lowest BCUT2D eigenvalue weighted by Crippen LogP contribution is -1.95. The molecule has 0 fully saturated rings. The van der Waals surface area contributed by atoms with Crippen molar-refractivity contribution >= 4 is 5.82 Å². The fourth-order valence-electron chi connectivity index (χ4n) is 0.560. The zero-order valence-electron chi connectivity index (χ0n) is 5.06. The Labute approximate surface area is 52.5 Å². The van der Waals surface area contributed by atoms with Gasteiger partial charge in [0.1, 0.15) is 0 Å². The number of hydrogen-bond donors (Lipinski definition) is 1. The second-order valence-electron chi connectivity index (χ2n) is 1.82.